The molecule has 1 saturated heterocycles. The maximum Gasteiger partial charge on any atom is 0.257 e. The highest BCUT2D eigenvalue weighted by atomic mass is 35.5. The van der Waals surface area contributed by atoms with E-state index in [1.807, 2.05) is 37.3 Å². The molecule has 1 atom stereocenters. The molecule has 0 aliphatic carbocycles. The van der Waals surface area contributed by atoms with Gasteiger partial charge in [0.15, 0.2) is 0 Å². The molecule has 1 aliphatic heterocycles. The van der Waals surface area contributed by atoms with E-state index >= 15 is 0 Å². The highest BCUT2D eigenvalue weighted by Crippen LogP contribution is 2.28. The minimum atomic E-state index is -1.22. The summed E-state index contributed by atoms with van der Waals surface area (Å²) in [6.45, 7) is 10.7. The first-order chi connectivity index (χ1) is 16.7. The zero-order valence-electron chi connectivity index (χ0n) is 20.7. The molecule has 1 fully saturated rings. The summed E-state index contributed by atoms with van der Waals surface area (Å²) in [5.74, 6) is 0.601. The van der Waals surface area contributed by atoms with Crippen molar-refractivity contribution in [2.45, 2.75) is 51.9 Å². The van der Waals surface area contributed by atoms with Gasteiger partial charge in [-0.1, -0.05) is 43.4 Å². The number of hydrogen-bond donors (Lipinski definition) is 0. The van der Waals surface area contributed by atoms with Crippen molar-refractivity contribution in [2.75, 3.05) is 24.7 Å². The second kappa shape index (κ2) is 11.0. The molecule has 1 unspecified atom stereocenters. The number of morpholine rings is 1. The Labute approximate surface area is 212 Å². The van der Waals surface area contributed by atoms with E-state index in [0.29, 0.717) is 37.0 Å². The molecule has 35 heavy (non-hydrogen) atoms. The SMILES string of the molecule is Cc1cnncc1-c1cc(N2CCOC(Cc3ccc(Cl)cc3)C2=O)n(COCC[Si](C)(C)C)n1. The third-order valence-electron chi connectivity index (χ3n) is 5.96. The van der Waals surface area contributed by atoms with E-state index in [1.165, 1.54) is 0 Å². The highest BCUT2D eigenvalue weighted by Gasteiger charge is 2.33. The van der Waals surface area contributed by atoms with Crippen molar-refractivity contribution in [3.8, 4) is 11.3 Å². The largest absolute Gasteiger partial charge is 0.366 e. The lowest BCUT2D eigenvalue weighted by atomic mass is 10.1. The number of aryl methyl sites for hydroxylation is 1. The number of hydrogen-bond acceptors (Lipinski definition) is 6. The second-order valence-corrected chi connectivity index (χ2v) is 16.1. The minimum Gasteiger partial charge on any atom is -0.366 e. The summed E-state index contributed by atoms with van der Waals surface area (Å²) in [6.07, 6.45) is 3.31. The Bertz CT molecular complexity index is 1160. The number of carbonyl (C=O) groups excluding carboxylic acids is 1. The lowest BCUT2D eigenvalue weighted by molar-refractivity contribution is -0.133. The van der Waals surface area contributed by atoms with Gasteiger partial charge in [-0.3, -0.25) is 9.69 Å². The van der Waals surface area contributed by atoms with E-state index in [4.69, 9.17) is 26.2 Å². The van der Waals surface area contributed by atoms with Crippen LogP contribution in [0.3, 0.4) is 0 Å². The normalized spacial score (nSPS) is 16.7. The van der Waals surface area contributed by atoms with Crippen LogP contribution in [0.5, 0.6) is 0 Å². The fourth-order valence-electron chi connectivity index (χ4n) is 3.88. The van der Waals surface area contributed by atoms with Crippen LogP contribution < -0.4 is 4.90 Å². The van der Waals surface area contributed by atoms with Crippen molar-refractivity contribution < 1.29 is 14.3 Å². The molecule has 0 spiro atoms. The minimum absolute atomic E-state index is 0.0921. The van der Waals surface area contributed by atoms with Gasteiger partial charge >= 0.3 is 0 Å². The molecule has 0 saturated carbocycles. The molecule has 1 aliphatic rings. The summed E-state index contributed by atoms with van der Waals surface area (Å²) < 4.78 is 13.6. The average Bonchev–Trinajstić information content (AvgIpc) is 3.23. The number of halogens is 1. The Hall–Kier alpha value is -2.59. The van der Waals surface area contributed by atoms with Crippen LogP contribution in [0.4, 0.5) is 5.82 Å². The van der Waals surface area contributed by atoms with Crippen molar-refractivity contribution in [1.29, 1.82) is 0 Å². The van der Waals surface area contributed by atoms with Crippen molar-refractivity contribution in [2.24, 2.45) is 0 Å². The molecule has 4 rings (SSSR count). The number of amides is 1. The Morgan fingerprint density at radius 1 is 1.17 bits per heavy atom. The van der Waals surface area contributed by atoms with Gasteiger partial charge in [0, 0.05) is 37.8 Å². The van der Waals surface area contributed by atoms with Gasteiger partial charge in [-0.05, 0) is 36.2 Å². The van der Waals surface area contributed by atoms with Gasteiger partial charge in [-0.2, -0.15) is 15.3 Å². The highest BCUT2D eigenvalue weighted by molar-refractivity contribution is 6.76. The maximum absolute atomic E-state index is 13.5. The van der Waals surface area contributed by atoms with Gasteiger partial charge in [0.2, 0.25) is 0 Å². The average molecular weight is 514 g/mol. The lowest BCUT2D eigenvalue weighted by Gasteiger charge is -2.32. The molecule has 2 aromatic heterocycles. The molecular formula is C25H32ClN5O3Si. The fraction of sp³-hybridized carbons (Fsp3) is 0.440. The van der Waals surface area contributed by atoms with Crippen LogP contribution in [0, 0.1) is 6.92 Å². The number of carbonyl (C=O) groups is 1. The van der Waals surface area contributed by atoms with Crippen LogP contribution in [-0.2, 0) is 27.4 Å². The summed E-state index contributed by atoms with van der Waals surface area (Å²) >= 11 is 6.01. The molecule has 3 aromatic rings. The first-order valence-corrected chi connectivity index (χ1v) is 15.9. The summed E-state index contributed by atoms with van der Waals surface area (Å²) in [7, 11) is -1.22. The topological polar surface area (TPSA) is 82.4 Å². The summed E-state index contributed by atoms with van der Waals surface area (Å²) in [5.41, 5.74) is 3.57. The molecule has 10 heteroatoms. The molecular weight excluding hydrogens is 482 g/mol. The quantitative estimate of drug-likeness (QED) is 0.307. The lowest BCUT2D eigenvalue weighted by Crippen LogP contribution is -2.49. The van der Waals surface area contributed by atoms with Crippen LogP contribution in [-0.4, -0.2) is 59.8 Å². The number of benzene rings is 1. The molecule has 8 nitrogen and oxygen atoms in total. The van der Waals surface area contributed by atoms with Crippen LogP contribution in [0.1, 0.15) is 11.1 Å². The van der Waals surface area contributed by atoms with Crippen LogP contribution in [0.25, 0.3) is 11.3 Å². The third kappa shape index (κ3) is 6.55. The van der Waals surface area contributed by atoms with Gasteiger partial charge in [0.05, 0.1) is 31.2 Å². The van der Waals surface area contributed by atoms with Gasteiger partial charge in [0.25, 0.3) is 5.91 Å². The molecule has 0 radical (unpaired) electrons. The number of aromatic nitrogens is 4. The Morgan fingerprint density at radius 2 is 1.91 bits per heavy atom. The molecule has 1 amide bonds. The fourth-order valence-corrected chi connectivity index (χ4v) is 4.76. The zero-order valence-corrected chi connectivity index (χ0v) is 22.5. The molecule has 3 heterocycles. The summed E-state index contributed by atoms with van der Waals surface area (Å²) in [5, 5.41) is 13.4. The molecule has 0 bridgehead atoms. The smallest absolute Gasteiger partial charge is 0.257 e. The number of rotatable bonds is 9. The van der Waals surface area contributed by atoms with Crippen LogP contribution in [0.2, 0.25) is 30.7 Å². The number of nitrogens with zero attached hydrogens (tertiary/aromatic N) is 5. The van der Waals surface area contributed by atoms with Gasteiger partial charge in [-0.25, -0.2) is 4.68 Å². The molecule has 1 aromatic carbocycles. The Kier molecular flexibility index (Phi) is 8.01. The van der Waals surface area contributed by atoms with Gasteiger partial charge in [-0.15, -0.1) is 0 Å². The van der Waals surface area contributed by atoms with E-state index in [2.05, 4.69) is 29.8 Å². The maximum atomic E-state index is 13.5. The first kappa shape index (κ1) is 25.5. The Morgan fingerprint density at radius 3 is 2.63 bits per heavy atom. The predicted molar refractivity (Wildman–Crippen MR) is 139 cm³/mol. The van der Waals surface area contributed by atoms with E-state index in [1.54, 1.807) is 22.0 Å². The number of anilines is 1. The van der Waals surface area contributed by atoms with Crippen molar-refractivity contribution in [1.82, 2.24) is 20.0 Å². The van der Waals surface area contributed by atoms with E-state index < -0.39 is 14.2 Å². The summed E-state index contributed by atoms with van der Waals surface area (Å²) in [6, 6.07) is 10.5. The second-order valence-electron chi connectivity index (χ2n) is 10.0. The summed E-state index contributed by atoms with van der Waals surface area (Å²) in [4.78, 5) is 15.3. The van der Waals surface area contributed by atoms with E-state index in [0.717, 1.165) is 28.4 Å². The molecule has 0 N–H and O–H groups in total. The monoisotopic (exact) mass is 513 g/mol. The van der Waals surface area contributed by atoms with Crippen molar-refractivity contribution >= 4 is 31.4 Å². The third-order valence-corrected chi connectivity index (χ3v) is 7.92. The predicted octanol–water partition coefficient (Wildman–Crippen LogP) is 4.59. The van der Waals surface area contributed by atoms with Crippen molar-refractivity contribution in [3.05, 3.63) is 58.9 Å². The number of ether oxygens (including phenoxy) is 2. The van der Waals surface area contributed by atoms with Gasteiger partial charge < -0.3 is 9.47 Å². The van der Waals surface area contributed by atoms with E-state index in [9.17, 15) is 4.79 Å². The van der Waals surface area contributed by atoms with Crippen LogP contribution >= 0.6 is 11.6 Å². The Balaban J connectivity index is 1.58. The zero-order chi connectivity index (χ0) is 25.0. The molecule has 186 valence electrons. The first-order valence-electron chi connectivity index (χ1n) is 11.8. The van der Waals surface area contributed by atoms with E-state index in [-0.39, 0.29) is 12.6 Å². The van der Waals surface area contributed by atoms with Crippen LogP contribution in [0.15, 0.2) is 42.7 Å². The standard InChI is InChI=1S/C25H32ClN5O3Si/c1-18-15-27-28-16-21(18)22-14-24(31(29-22)17-33-11-12-35(2,3)4)30-9-10-34-23(25(30)32)13-19-5-7-20(26)8-6-19/h5-8,14-16,23H,9-13,17H2,1-4H3. The van der Waals surface area contributed by atoms with Crippen molar-refractivity contribution in [3.63, 3.8) is 0 Å². The van der Waals surface area contributed by atoms with Gasteiger partial charge in [0.1, 0.15) is 18.7 Å².